The lowest BCUT2D eigenvalue weighted by atomic mass is 10.0. The standard InChI is InChI=1S/C27H27NO5S/c1-3-4-16-33-22-13-9-11-20(18-22)24-26(34(31,32)23-14-6-5-7-15-23)25(29)27(30)28(24)21-12-8-10-19(2)17-21/h5-15,17-18,24,29H,3-4,16H2,1-2H3/t24-/m1/s1. The van der Waals surface area contributed by atoms with E-state index in [1.54, 1.807) is 60.7 Å². The molecule has 6 nitrogen and oxygen atoms in total. The molecule has 4 rings (SSSR count). The van der Waals surface area contributed by atoms with E-state index in [1.807, 2.05) is 13.0 Å². The predicted molar refractivity (Wildman–Crippen MR) is 132 cm³/mol. The van der Waals surface area contributed by atoms with Gasteiger partial charge in [-0.05, 0) is 60.9 Å². The largest absolute Gasteiger partial charge is 0.502 e. The normalized spacial score (nSPS) is 16.2. The molecule has 0 aliphatic carbocycles. The smallest absolute Gasteiger partial charge is 0.295 e. The van der Waals surface area contributed by atoms with Crippen LogP contribution in [0.15, 0.2) is 94.4 Å². The van der Waals surface area contributed by atoms with E-state index in [1.165, 1.54) is 17.0 Å². The first-order chi connectivity index (χ1) is 16.3. The minimum atomic E-state index is -4.18. The maximum Gasteiger partial charge on any atom is 0.295 e. The van der Waals surface area contributed by atoms with Gasteiger partial charge in [-0.15, -0.1) is 0 Å². The number of carbonyl (C=O) groups excluding carboxylic acids is 1. The Balaban J connectivity index is 1.88. The van der Waals surface area contributed by atoms with Crippen molar-refractivity contribution in [3.8, 4) is 5.75 Å². The number of sulfone groups is 1. The fraction of sp³-hybridized carbons (Fsp3) is 0.222. The number of amides is 1. The van der Waals surface area contributed by atoms with E-state index < -0.39 is 27.5 Å². The molecule has 1 aliphatic heterocycles. The molecule has 0 bridgehead atoms. The number of hydrogen-bond acceptors (Lipinski definition) is 5. The second-order valence-corrected chi connectivity index (χ2v) is 10.1. The first kappa shape index (κ1) is 23.6. The number of rotatable bonds is 8. The Morgan fingerprint density at radius 1 is 0.971 bits per heavy atom. The SMILES string of the molecule is CCCCOc1cccc([C@@H]2C(S(=O)(=O)c3ccccc3)=C(O)C(=O)N2c2cccc(C)c2)c1. The van der Waals surface area contributed by atoms with Crippen LogP contribution in [0.25, 0.3) is 0 Å². The van der Waals surface area contributed by atoms with Crippen LogP contribution < -0.4 is 9.64 Å². The molecular formula is C27H27NO5S. The molecule has 3 aromatic carbocycles. The molecule has 1 amide bonds. The van der Waals surface area contributed by atoms with E-state index in [-0.39, 0.29) is 9.80 Å². The van der Waals surface area contributed by atoms with Crippen molar-refractivity contribution in [1.29, 1.82) is 0 Å². The first-order valence-electron chi connectivity index (χ1n) is 11.2. The zero-order valence-electron chi connectivity index (χ0n) is 19.1. The average molecular weight is 478 g/mol. The molecule has 34 heavy (non-hydrogen) atoms. The number of nitrogens with zero attached hydrogens (tertiary/aromatic N) is 1. The number of aliphatic hydroxyl groups is 1. The second-order valence-electron chi connectivity index (χ2n) is 8.22. The van der Waals surface area contributed by atoms with Crippen molar-refractivity contribution in [2.24, 2.45) is 0 Å². The summed E-state index contributed by atoms with van der Waals surface area (Å²) in [6.45, 7) is 4.48. The predicted octanol–water partition coefficient (Wildman–Crippen LogP) is 5.51. The van der Waals surface area contributed by atoms with E-state index in [2.05, 4.69) is 6.92 Å². The lowest BCUT2D eigenvalue weighted by Gasteiger charge is -2.27. The molecule has 0 saturated heterocycles. The Morgan fingerprint density at radius 2 is 1.71 bits per heavy atom. The summed E-state index contributed by atoms with van der Waals surface area (Å²) in [6, 6.07) is 21.0. The highest BCUT2D eigenvalue weighted by Gasteiger charge is 2.47. The number of aliphatic hydroxyl groups excluding tert-OH is 1. The molecule has 176 valence electrons. The second kappa shape index (κ2) is 9.73. The van der Waals surface area contributed by atoms with Crippen LogP contribution in [0.3, 0.4) is 0 Å². The molecule has 1 N–H and O–H groups in total. The van der Waals surface area contributed by atoms with Crippen LogP contribution >= 0.6 is 0 Å². The van der Waals surface area contributed by atoms with Gasteiger partial charge in [0.1, 0.15) is 16.7 Å². The molecular weight excluding hydrogens is 450 g/mol. The van der Waals surface area contributed by atoms with E-state index in [0.717, 1.165) is 18.4 Å². The van der Waals surface area contributed by atoms with Gasteiger partial charge in [-0.1, -0.05) is 55.8 Å². The maximum atomic E-state index is 13.7. The van der Waals surface area contributed by atoms with Gasteiger partial charge in [-0.3, -0.25) is 9.69 Å². The Hall–Kier alpha value is -3.58. The monoisotopic (exact) mass is 477 g/mol. The summed E-state index contributed by atoms with van der Waals surface area (Å²) in [5, 5.41) is 10.9. The van der Waals surface area contributed by atoms with Gasteiger partial charge in [0.25, 0.3) is 5.91 Å². The maximum absolute atomic E-state index is 13.7. The fourth-order valence-corrected chi connectivity index (χ4v) is 5.68. The third-order valence-corrected chi connectivity index (χ3v) is 7.61. The highest BCUT2D eigenvalue weighted by molar-refractivity contribution is 7.95. The van der Waals surface area contributed by atoms with Gasteiger partial charge in [-0.25, -0.2) is 8.42 Å². The van der Waals surface area contributed by atoms with Crippen molar-refractivity contribution in [3.05, 3.63) is 101 Å². The minimum absolute atomic E-state index is 0.00999. The number of aryl methyl sites for hydroxylation is 1. The van der Waals surface area contributed by atoms with Gasteiger partial charge >= 0.3 is 0 Å². The van der Waals surface area contributed by atoms with E-state index in [9.17, 15) is 18.3 Å². The van der Waals surface area contributed by atoms with Gasteiger partial charge in [-0.2, -0.15) is 0 Å². The van der Waals surface area contributed by atoms with Crippen molar-refractivity contribution in [2.45, 2.75) is 37.6 Å². The van der Waals surface area contributed by atoms with E-state index in [0.29, 0.717) is 23.6 Å². The average Bonchev–Trinajstić information content (AvgIpc) is 3.11. The minimum Gasteiger partial charge on any atom is -0.502 e. The quantitative estimate of drug-likeness (QED) is 0.433. The number of carbonyl (C=O) groups is 1. The fourth-order valence-electron chi connectivity index (χ4n) is 4.04. The Morgan fingerprint density at radius 3 is 2.41 bits per heavy atom. The highest BCUT2D eigenvalue weighted by atomic mass is 32.2. The number of anilines is 1. The van der Waals surface area contributed by atoms with Crippen molar-refractivity contribution in [3.63, 3.8) is 0 Å². The van der Waals surface area contributed by atoms with Crippen LogP contribution in [-0.4, -0.2) is 26.0 Å². The summed E-state index contributed by atoms with van der Waals surface area (Å²) in [5.41, 5.74) is 1.93. The highest BCUT2D eigenvalue weighted by Crippen LogP contribution is 2.45. The van der Waals surface area contributed by atoms with Crippen LogP contribution in [-0.2, 0) is 14.6 Å². The van der Waals surface area contributed by atoms with Crippen LogP contribution in [0.1, 0.15) is 36.9 Å². The van der Waals surface area contributed by atoms with Crippen molar-refractivity contribution in [1.82, 2.24) is 0 Å². The zero-order chi connectivity index (χ0) is 24.3. The molecule has 0 unspecified atom stereocenters. The molecule has 1 atom stereocenters. The Labute approximate surface area is 200 Å². The number of hydrogen-bond donors (Lipinski definition) is 1. The lowest BCUT2D eigenvalue weighted by Crippen LogP contribution is -2.31. The van der Waals surface area contributed by atoms with Gasteiger partial charge in [0.15, 0.2) is 5.76 Å². The van der Waals surface area contributed by atoms with Crippen LogP contribution in [0, 0.1) is 6.92 Å². The summed E-state index contributed by atoms with van der Waals surface area (Å²) in [6.07, 6.45) is 1.86. The van der Waals surface area contributed by atoms with Crippen LogP contribution in [0.2, 0.25) is 0 Å². The molecule has 3 aromatic rings. The molecule has 7 heteroatoms. The van der Waals surface area contributed by atoms with E-state index in [4.69, 9.17) is 4.74 Å². The Bertz CT molecular complexity index is 1330. The molecule has 1 aliphatic rings. The molecule has 0 saturated carbocycles. The number of benzene rings is 3. The van der Waals surface area contributed by atoms with Crippen LogP contribution in [0.4, 0.5) is 5.69 Å². The van der Waals surface area contributed by atoms with Gasteiger partial charge in [0.05, 0.1) is 11.5 Å². The van der Waals surface area contributed by atoms with Crippen molar-refractivity contribution < 1.29 is 23.1 Å². The Kier molecular flexibility index (Phi) is 6.75. The van der Waals surface area contributed by atoms with Crippen LogP contribution in [0.5, 0.6) is 5.75 Å². The molecule has 0 fully saturated rings. The summed E-state index contributed by atoms with van der Waals surface area (Å²) in [4.78, 5) is 14.3. The summed E-state index contributed by atoms with van der Waals surface area (Å²) in [7, 11) is -4.18. The third kappa shape index (κ3) is 4.43. The molecule has 0 spiro atoms. The lowest BCUT2D eigenvalue weighted by molar-refractivity contribution is -0.117. The number of ether oxygens (including phenoxy) is 1. The van der Waals surface area contributed by atoms with Crippen molar-refractivity contribution in [2.75, 3.05) is 11.5 Å². The topological polar surface area (TPSA) is 83.9 Å². The molecule has 0 aromatic heterocycles. The zero-order valence-corrected chi connectivity index (χ0v) is 20.0. The van der Waals surface area contributed by atoms with E-state index >= 15 is 0 Å². The molecule has 1 heterocycles. The third-order valence-electron chi connectivity index (χ3n) is 5.72. The summed E-state index contributed by atoms with van der Waals surface area (Å²) < 4.78 is 33.2. The van der Waals surface area contributed by atoms with Crippen molar-refractivity contribution >= 4 is 21.4 Å². The van der Waals surface area contributed by atoms with Gasteiger partial charge in [0, 0.05) is 5.69 Å². The summed E-state index contributed by atoms with van der Waals surface area (Å²) in [5.74, 6) is -0.958. The number of unbranched alkanes of at least 4 members (excludes halogenated alkanes) is 1. The first-order valence-corrected chi connectivity index (χ1v) is 12.7. The van der Waals surface area contributed by atoms with Gasteiger partial charge < -0.3 is 9.84 Å². The van der Waals surface area contributed by atoms with Gasteiger partial charge in [0.2, 0.25) is 9.84 Å². The summed E-state index contributed by atoms with van der Waals surface area (Å²) >= 11 is 0. The molecule has 0 radical (unpaired) electrons.